The van der Waals surface area contributed by atoms with E-state index in [9.17, 15) is 0 Å². The fourth-order valence-corrected chi connectivity index (χ4v) is 1.51. The second-order valence-corrected chi connectivity index (χ2v) is 3.30. The molecule has 2 N–H and O–H groups in total. The van der Waals surface area contributed by atoms with E-state index >= 15 is 0 Å². The summed E-state index contributed by atoms with van der Waals surface area (Å²) in [5, 5.41) is 3.28. The number of hydrogen-bond donors (Lipinski definition) is 2. The largest absolute Gasteiger partial charge is 0.342 e. The zero-order valence-electron chi connectivity index (χ0n) is 9.19. The molecule has 0 saturated heterocycles. The Morgan fingerprint density at radius 3 is 2.69 bits per heavy atom. The van der Waals surface area contributed by atoms with Crippen LogP contribution in [-0.2, 0) is 6.42 Å². The minimum absolute atomic E-state index is 0. The highest BCUT2D eigenvalue weighted by Gasteiger charge is 2.00. The molecule has 1 heterocycles. The van der Waals surface area contributed by atoms with Crippen molar-refractivity contribution in [2.24, 2.45) is 0 Å². The first-order valence-corrected chi connectivity index (χ1v) is 5.04. The number of imidazole rings is 1. The van der Waals surface area contributed by atoms with Crippen LogP contribution in [0, 0.1) is 0 Å². The summed E-state index contributed by atoms with van der Waals surface area (Å²) in [6.45, 7) is 4.11. The van der Waals surface area contributed by atoms with E-state index in [1.165, 1.54) is 0 Å². The van der Waals surface area contributed by atoms with Crippen LogP contribution in [0.1, 0.15) is 12.7 Å². The van der Waals surface area contributed by atoms with E-state index < -0.39 is 0 Å². The van der Waals surface area contributed by atoms with Crippen LogP contribution >= 0.6 is 24.8 Å². The van der Waals surface area contributed by atoms with E-state index in [2.05, 4.69) is 28.3 Å². The monoisotopic (exact) mass is 261 g/mol. The lowest BCUT2D eigenvalue weighted by Gasteiger charge is -1.96. The van der Waals surface area contributed by atoms with E-state index in [0.717, 1.165) is 36.4 Å². The number of nitrogens with one attached hydrogen (secondary N) is 2. The Morgan fingerprint density at radius 2 is 2.00 bits per heavy atom. The Morgan fingerprint density at radius 1 is 1.25 bits per heavy atom. The second-order valence-electron chi connectivity index (χ2n) is 3.30. The Bertz CT molecular complexity index is 381. The molecule has 0 bridgehead atoms. The van der Waals surface area contributed by atoms with Crippen LogP contribution in [0.4, 0.5) is 0 Å². The molecule has 0 unspecified atom stereocenters. The third-order valence-electron chi connectivity index (χ3n) is 2.23. The summed E-state index contributed by atoms with van der Waals surface area (Å²) in [7, 11) is 0. The Balaban J connectivity index is 0.00000112. The van der Waals surface area contributed by atoms with E-state index in [-0.39, 0.29) is 24.8 Å². The standard InChI is InChI=1S/C11H15N3.2ClH/c1-2-12-8-7-11-13-9-5-3-4-6-10(9)14-11;;/h3-6,12H,2,7-8H2,1H3,(H,13,14);2*1H. The third kappa shape index (κ3) is 3.67. The van der Waals surface area contributed by atoms with E-state index in [1.54, 1.807) is 0 Å². The van der Waals surface area contributed by atoms with Gasteiger partial charge in [0.1, 0.15) is 5.82 Å². The fourth-order valence-electron chi connectivity index (χ4n) is 1.51. The molecule has 2 aromatic rings. The van der Waals surface area contributed by atoms with Gasteiger partial charge in [-0.15, -0.1) is 24.8 Å². The first-order chi connectivity index (χ1) is 6.90. The summed E-state index contributed by atoms with van der Waals surface area (Å²) in [5.74, 6) is 1.06. The van der Waals surface area contributed by atoms with Crippen LogP contribution in [0.5, 0.6) is 0 Å². The van der Waals surface area contributed by atoms with Crippen molar-refractivity contribution in [2.45, 2.75) is 13.3 Å². The lowest BCUT2D eigenvalue weighted by molar-refractivity contribution is 0.702. The molecule has 3 nitrogen and oxygen atoms in total. The predicted molar refractivity (Wildman–Crippen MR) is 72.8 cm³/mol. The molecule has 0 aliphatic rings. The van der Waals surface area contributed by atoms with Gasteiger partial charge < -0.3 is 10.3 Å². The van der Waals surface area contributed by atoms with Crippen molar-refractivity contribution in [1.82, 2.24) is 15.3 Å². The lowest BCUT2D eigenvalue weighted by Crippen LogP contribution is -2.16. The topological polar surface area (TPSA) is 40.7 Å². The summed E-state index contributed by atoms with van der Waals surface area (Å²) < 4.78 is 0. The highest BCUT2D eigenvalue weighted by Crippen LogP contribution is 2.09. The van der Waals surface area contributed by atoms with Crippen molar-refractivity contribution in [3.8, 4) is 0 Å². The van der Waals surface area contributed by atoms with Crippen LogP contribution in [0.25, 0.3) is 11.0 Å². The minimum atomic E-state index is 0. The SMILES string of the molecule is CCNCCc1nc2ccccc2[nH]1.Cl.Cl. The van der Waals surface area contributed by atoms with E-state index in [0.29, 0.717) is 0 Å². The summed E-state index contributed by atoms with van der Waals surface area (Å²) in [6, 6.07) is 8.12. The third-order valence-corrected chi connectivity index (χ3v) is 2.23. The van der Waals surface area contributed by atoms with Gasteiger partial charge in [-0.25, -0.2) is 4.98 Å². The van der Waals surface area contributed by atoms with Gasteiger partial charge in [0.2, 0.25) is 0 Å². The molecule has 0 fully saturated rings. The molecular formula is C11H17Cl2N3. The normalized spacial score (nSPS) is 9.56. The smallest absolute Gasteiger partial charge is 0.108 e. The molecule has 0 spiro atoms. The molecule has 1 aromatic heterocycles. The van der Waals surface area contributed by atoms with Crippen molar-refractivity contribution >= 4 is 35.8 Å². The van der Waals surface area contributed by atoms with Crippen molar-refractivity contribution in [1.29, 1.82) is 0 Å². The molecule has 0 atom stereocenters. The molecule has 0 aliphatic carbocycles. The Labute approximate surface area is 108 Å². The molecule has 0 radical (unpaired) electrons. The average molecular weight is 262 g/mol. The maximum absolute atomic E-state index is 4.49. The van der Waals surface area contributed by atoms with Crippen LogP contribution < -0.4 is 5.32 Å². The van der Waals surface area contributed by atoms with Crippen molar-refractivity contribution in [3.63, 3.8) is 0 Å². The van der Waals surface area contributed by atoms with Gasteiger partial charge in [-0.3, -0.25) is 0 Å². The minimum Gasteiger partial charge on any atom is -0.342 e. The van der Waals surface area contributed by atoms with Crippen LogP contribution in [-0.4, -0.2) is 23.1 Å². The highest BCUT2D eigenvalue weighted by atomic mass is 35.5. The number of aromatic amines is 1. The molecule has 5 heteroatoms. The molecule has 16 heavy (non-hydrogen) atoms. The Hall–Kier alpha value is -0.770. The highest BCUT2D eigenvalue weighted by molar-refractivity contribution is 5.85. The number of likely N-dealkylation sites (N-methyl/N-ethyl adjacent to an activating group) is 1. The molecular weight excluding hydrogens is 245 g/mol. The first kappa shape index (κ1) is 15.2. The summed E-state index contributed by atoms with van der Waals surface area (Å²) in [6.07, 6.45) is 0.961. The maximum atomic E-state index is 4.49. The van der Waals surface area contributed by atoms with Gasteiger partial charge in [0.05, 0.1) is 11.0 Å². The van der Waals surface area contributed by atoms with E-state index in [1.807, 2.05) is 18.2 Å². The molecule has 90 valence electrons. The van der Waals surface area contributed by atoms with Gasteiger partial charge in [0.15, 0.2) is 0 Å². The van der Waals surface area contributed by atoms with Gasteiger partial charge in [-0.05, 0) is 18.7 Å². The summed E-state index contributed by atoms with van der Waals surface area (Å²) in [4.78, 5) is 7.79. The number of benzene rings is 1. The van der Waals surface area contributed by atoms with Crippen molar-refractivity contribution in [3.05, 3.63) is 30.1 Å². The zero-order valence-corrected chi connectivity index (χ0v) is 10.8. The van der Waals surface area contributed by atoms with Gasteiger partial charge in [0.25, 0.3) is 0 Å². The number of para-hydroxylation sites is 2. The predicted octanol–water partition coefficient (Wildman–Crippen LogP) is 2.56. The molecule has 0 saturated carbocycles. The number of fused-ring (bicyclic) bond motifs is 1. The quantitative estimate of drug-likeness (QED) is 0.831. The number of nitrogens with zero attached hydrogens (tertiary/aromatic N) is 1. The number of hydrogen-bond acceptors (Lipinski definition) is 2. The van der Waals surface area contributed by atoms with Gasteiger partial charge in [-0.1, -0.05) is 19.1 Å². The summed E-state index contributed by atoms with van der Waals surface area (Å²) >= 11 is 0. The molecule has 1 aromatic carbocycles. The average Bonchev–Trinajstić information content (AvgIpc) is 2.60. The number of rotatable bonds is 4. The van der Waals surface area contributed by atoms with Gasteiger partial charge in [0, 0.05) is 13.0 Å². The van der Waals surface area contributed by atoms with Gasteiger partial charge in [-0.2, -0.15) is 0 Å². The van der Waals surface area contributed by atoms with E-state index in [4.69, 9.17) is 0 Å². The van der Waals surface area contributed by atoms with Gasteiger partial charge >= 0.3 is 0 Å². The number of halogens is 2. The number of H-pyrrole nitrogens is 1. The van der Waals surface area contributed by atoms with Crippen LogP contribution in [0.15, 0.2) is 24.3 Å². The summed E-state index contributed by atoms with van der Waals surface area (Å²) in [5.41, 5.74) is 2.18. The Kier molecular flexibility index (Phi) is 7.13. The molecule has 2 rings (SSSR count). The molecule has 0 amide bonds. The van der Waals surface area contributed by atoms with Crippen molar-refractivity contribution in [2.75, 3.05) is 13.1 Å². The van der Waals surface area contributed by atoms with Crippen LogP contribution in [0.2, 0.25) is 0 Å². The first-order valence-electron chi connectivity index (χ1n) is 5.04. The lowest BCUT2D eigenvalue weighted by atomic mass is 10.3. The maximum Gasteiger partial charge on any atom is 0.108 e. The zero-order chi connectivity index (χ0) is 9.80. The van der Waals surface area contributed by atoms with Crippen LogP contribution in [0.3, 0.4) is 0 Å². The van der Waals surface area contributed by atoms with Crippen molar-refractivity contribution < 1.29 is 0 Å². The fraction of sp³-hybridized carbons (Fsp3) is 0.364. The number of aromatic nitrogens is 2. The second kappa shape index (κ2) is 7.49. The molecule has 0 aliphatic heterocycles.